The van der Waals surface area contributed by atoms with E-state index in [0.29, 0.717) is 6.42 Å². The number of nitrogens with zero attached hydrogens (tertiary/aromatic N) is 1. The highest BCUT2D eigenvalue weighted by Gasteiger charge is 2.26. The van der Waals surface area contributed by atoms with Crippen LogP contribution >= 0.6 is 0 Å². The van der Waals surface area contributed by atoms with Crippen LogP contribution in [-0.2, 0) is 5.41 Å². The molecule has 0 aliphatic carbocycles. The molecule has 0 radical (unpaired) electrons. The second-order valence-electron chi connectivity index (χ2n) is 5.87. The zero-order valence-electron chi connectivity index (χ0n) is 12.6. The molecular weight excluding hydrogens is 277 g/mol. The normalized spacial score (nSPS) is 13.6. The van der Waals surface area contributed by atoms with Crippen LogP contribution in [0.2, 0.25) is 0 Å². The molecule has 5 heteroatoms. The third-order valence-electron chi connectivity index (χ3n) is 3.40. The van der Waals surface area contributed by atoms with Gasteiger partial charge < -0.3 is 5.32 Å². The second kappa shape index (κ2) is 6.84. The van der Waals surface area contributed by atoms with Crippen molar-refractivity contribution in [2.75, 3.05) is 5.32 Å². The molecule has 0 aliphatic rings. The fourth-order valence-electron chi connectivity index (χ4n) is 2.01. The van der Waals surface area contributed by atoms with Gasteiger partial charge in [-0.25, -0.2) is 0 Å². The van der Waals surface area contributed by atoms with E-state index in [1.54, 1.807) is 0 Å². The van der Waals surface area contributed by atoms with Crippen molar-refractivity contribution < 1.29 is 13.2 Å². The van der Waals surface area contributed by atoms with Gasteiger partial charge in [0.2, 0.25) is 0 Å². The number of halogens is 3. The molecule has 0 spiro atoms. The summed E-state index contributed by atoms with van der Waals surface area (Å²) in [4.78, 5) is 0. The number of hydrogen-bond donors (Lipinski definition) is 1. The lowest BCUT2D eigenvalue weighted by Gasteiger charge is -2.18. The molecule has 1 atom stereocenters. The van der Waals surface area contributed by atoms with E-state index in [1.165, 1.54) is 0 Å². The maximum Gasteiger partial charge on any atom is 0.389 e. The van der Waals surface area contributed by atoms with Gasteiger partial charge >= 0.3 is 6.18 Å². The zero-order chi connectivity index (χ0) is 16.1. The van der Waals surface area contributed by atoms with Crippen molar-refractivity contribution in [2.45, 2.75) is 57.7 Å². The number of benzene rings is 1. The standard InChI is InChI=1S/C16H21F3N2/c1-12(5-4-10-16(17,18)19)21-14-8-6-13(7-9-14)15(2,3)11-20/h6-9,12,21H,4-5,10H2,1-3H3. The third kappa shape index (κ3) is 6.07. The Morgan fingerprint density at radius 2 is 1.76 bits per heavy atom. The minimum atomic E-state index is -4.08. The average Bonchev–Trinajstić information content (AvgIpc) is 2.37. The number of alkyl halides is 3. The van der Waals surface area contributed by atoms with Gasteiger partial charge in [0.25, 0.3) is 0 Å². The maximum atomic E-state index is 12.1. The van der Waals surface area contributed by atoms with Crippen molar-refractivity contribution in [3.05, 3.63) is 29.8 Å². The lowest BCUT2D eigenvalue weighted by molar-refractivity contribution is -0.135. The Bertz CT molecular complexity index is 484. The first-order chi connectivity index (χ1) is 9.64. The summed E-state index contributed by atoms with van der Waals surface area (Å²) in [6.45, 7) is 5.55. The van der Waals surface area contributed by atoms with Crippen molar-refractivity contribution in [1.29, 1.82) is 5.26 Å². The van der Waals surface area contributed by atoms with Crippen molar-refractivity contribution >= 4 is 5.69 Å². The van der Waals surface area contributed by atoms with Crippen LogP contribution in [0.4, 0.5) is 18.9 Å². The molecule has 2 nitrogen and oxygen atoms in total. The van der Waals surface area contributed by atoms with Crippen molar-refractivity contribution in [2.24, 2.45) is 0 Å². The lowest BCUT2D eigenvalue weighted by Crippen LogP contribution is -2.17. The highest BCUT2D eigenvalue weighted by molar-refractivity contribution is 5.47. The van der Waals surface area contributed by atoms with Gasteiger partial charge in [-0.15, -0.1) is 0 Å². The van der Waals surface area contributed by atoms with E-state index in [-0.39, 0.29) is 12.5 Å². The molecule has 1 rings (SSSR count). The molecule has 21 heavy (non-hydrogen) atoms. The first-order valence-corrected chi connectivity index (χ1v) is 6.99. The number of nitriles is 1. The number of nitrogens with one attached hydrogen (secondary N) is 1. The largest absolute Gasteiger partial charge is 0.389 e. The van der Waals surface area contributed by atoms with Crippen molar-refractivity contribution in [3.63, 3.8) is 0 Å². The van der Waals surface area contributed by atoms with Gasteiger partial charge in [0, 0.05) is 18.2 Å². The smallest absolute Gasteiger partial charge is 0.383 e. The molecule has 0 amide bonds. The van der Waals surface area contributed by atoms with Gasteiger partial charge in [0.1, 0.15) is 0 Å². The van der Waals surface area contributed by atoms with Crippen LogP contribution in [0.25, 0.3) is 0 Å². The third-order valence-corrected chi connectivity index (χ3v) is 3.40. The monoisotopic (exact) mass is 298 g/mol. The summed E-state index contributed by atoms with van der Waals surface area (Å²) in [6, 6.07) is 9.66. The number of hydrogen-bond acceptors (Lipinski definition) is 2. The molecule has 0 heterocycles. The van der Waals surface area contributed by atoms with Crippen molar-refractivity contribution in [3.8, 4) is 6.07 Å². The average molecular weight is 298 g/mol. The molecule has 0 fully saturated rings. The Morgan fingerprint density at radius 3 is 2.24 bits per heavy atom. The van der Waals surface area contributed by atoms with Crippen LogP contribution in [-0.4, -0.2) is 12.2 Å². The zero-order valence-corrected chi connectivity index (χ0v) is 12.6. The summed E-state index contributed by atoms with van der Waals surface area (Å²) in [6.07, 6.45) is -4.24. The van der Waals surface area contributed by atoms with Gasteiger partial charge in [-0.1, -0.05) is 12.1 Å². The predicted octanol–water partition coefficient (Wildman–Crippen LogP) is 5.02. The SMILES string of the molecule is CC(CCCC(F)(F)F)Nc1ccc(C(C)(C)C#N)cc1. The van der Waals surface area contributed by atoms with Crippen LogP contribution in [0.3, 0.4) is 0 Å². The Morgan fingerprint density at radius 1 is 1.19 bits per heavy atom. The minimum absolute atomic E-state index is 0.0258. The summed E-state index contributed by atoms with van der Waals surface area (Å²) in [5, 5.41) is 12.2. The highest BCUT2D eigenvalue weighted by atomic mass is 19.4. The van der Waals surface area contributed by atoms with Gasteiger partial charge in [-0.2, -0.15) is 18.4 Å². The van der Waals surface area contributed by atoms with Crippen LogP contribution in [0.1, 0.15) is 45.6 Å². The van der Waals surface area contributed by atoms with E-state index in [4.69, 9.17) is 5.26 Å². The molecule has 0 aliphatic heterocycles. The minimum Gasteiger partial charge on any atom is -0.383 e. The Balaban J connectivity index is 2.51. The van der Waals surface area contributed by atoms with Crippen LogP contribution in [0.5, 0.6) is 0 Å². The van der Waals surface area contributed by atoms with E-state index in [1.807, 2.05) is 45.0 Å². The fourth-order valence-corrected chi connectivity index (χ4v) is 2.01. The van der Waals surface area contributed by atoms with E-state index < -0.39 is 18.0 Å². The van der Waals surface area contributed by atoms with E-state index >= 15 is 0 Å². The predicted molar refractivity (Wildman–Crippen MR) is 78.1 cm³/mol. The second-order valence-corrected chi connectivity index (χ2v) is 5.87. The van der Waals surface area contributed by atoms with E-state index in [2.05, 4.69) is 11.4 Å². The fraction of sp³-hybridized carbons (Fsp3) is 0.562. The topological polar surface area (TPSA) is 35.8 Å². The van der Waals surface area contributed by atoms with Gasteiger partial charge in [0.15, 0.2) is 0 Å². The Hall–Kier alpha value is -1.70. The number of anilines is 1. The molecule has 1 aromatic rings. The molecule has 1 unspecified atom stereocenters. The van der Waals surface area contributed by atoms with Gasteiger partial charge in [-0.3, -0.25) is 0 Å². The quantitative estimate of drug-likeness (QED) is 0.800. The highest BCUT2D eigenvalue weighted by Crippen LogP contribution is 2.25. The van der Waals surface area contributed by atoms with Crippen LogP contribution in [0.15, 0.2) is 24.3 Å². The van der Waals surface area contributed by atoms with Crippen molar-refractivity contribution in [1.82, 2.24) is 0 Å². The Kier molecular flexibility index (Phi) is 5.65. The van der Waals surface area contributed by atoms with E-state index in [9.17, 15) is 13.2 Å². The maximum absolute atomic E-state index is 12.1. The van der Waals surface area contributed by atoms with Gasteiger partial charge in [0.05, 0.1) is 11.5 Å². The van der Waals surface area contributed by atoms with E-state index in [0.717, 1.165) is 11.3 Å². The van der Waals surface area contributed by atoms with Crippen LogP contribution < -0.4 is 5.32 Å². The molecule has 1 N–H and O–H groups in total. The molecule has 0 saturated heterocycles. The van der Waals surface area contributed by atoms with Crippen LogP contribution in [0, 0.1) is 11.3 Å². The first kappa shape index (κ1) is 17.4. The summed E-state index contributed by atoms with van der Waals surface area (Å²) < 4.78 is 36.2. The molecule has 0 bridgehead atoms. The number of rotatable bonds is 6. The molecule has 1 aromatic carbocycles. The Labute approximate surface area is 124 Å². The summed E-state index contributed by atoms with van der Waals surface area (Å²) in [7, 11) is 0. The lowest BCUT2D eigenvalue weighted by atomic mass is 9.86. The summed E-state index contributed by atoms with van der Waals surface area (Å²) in [5.74, 6) is 0. The molecule has 116 valence electrons. The summed E-state index contributed by atoms with van der Waals surface area (Å²) >= 11 is 0. The first-order valence-electron chi connectivity index (χ1n) is 6.99. The molecule has 0 aromatic heterocycles. The molecular formula is C16H21F3N2. The van der Waals surface area contributed by atoms with Gasteiger partial charge in [-0.05, 0) is 51.3 Å². The summed E-state index contributed by atoms with van der Waals surface area (Å²) in [5.41, 5.74) is 1.23. The molecule has 0 saturated carbocycles.